The molecule has 132 valence electrons. The van der Waals surface area contributed by atoms with Crippen molar-refractivity contribution in [3.05, 3.63) is 59.8 Å². The van der Waals surface area contributed by atoms with Gasteiger partial charge in [0.05, 0.1) is 16.6 Å². The maximum Gasteiger partial charge on any atom is 0.164 e. The minimum atomic E-state index is -0.252. The van der Waals surface area contributed by atoms with Crippen molar-refractivity contribution >= 4 is 27.6 Å². The summed E-state index contributed by atoms with van der Waals surface area (Å²) in [5, 5.41) is 7.42. The zero-order valence-corrected chi connectivity index (χ0v) is 15.0. The normalized spacial score (nSPS) is 12.2. The lowest BCUT2D eigenvalue weighted by molar-refractivity contribution is 0.363. The monoisotopic (exact) mass is 349 g/mol. The molecule has 0 bridgehead atoms. The molecule has 4 rings (SSSR count). The third kappa shape index (κ3) is 2.67. The highest BCUT2D eigenvalue weighted by molar-refractivity contribution is 5.90. The average Bonchev–Trinajstić information content (AvgIpc) is 2.96. The number of hydrogen-bond acceptors (Lipinski definition) is 4. The Morgan fingerprint density at radius 3 is 2.69 bits per heavy atom. The van der Waals surface area contributed by atoms with Gasteiger partial charge in [0.15, 0.2) is 5.65 Å². The zero-order chi connectivity index (χ0) is 18.5. The molecule has 6 heteroatoms. The zero-order valence-electron chi connectivity index (χ0n) is 15.0. The minimum absolute atomic E-state index is 0.248. The van der Waals surface area contributed by atoms with Crippen LogP contribution < -0.4 is 5.73 Å². The van der Waals surface area contributed by atoms with Crippen molar-refractivity contribution in [2.75, 3.05) is 5.73 Å². The number of hydrogen-bond donors (Lipinski definition) is 1. The van der Waals surface area contributed by atoms with Crippen LogP contribution in [0.4, 0.5) is 10.2 Å². The predicted octanol–water partition coefficient (Wildman–Crippen LogP) is 4.05. The Labute approximate surface area is 150 Å². The van der Waals surface area contributed by atoms with Crippen LogP contribution in [0.25, 0.3) is 21.8 Å². The first-order valence-electron chi connectivity index (χ1n) is 8.50. The van der Waals surface area contributed by atoms with Gasteiger partial charge < -0.3 is 5.73 Å². The molecule has 0 saturated carbocycles. The fourth-order valence-corrected chi connectivity index (χ4v) is 3.28. The molecule has 5 nitrogen and oxygen atoms in total. The summed E-state index contributed by atoms with van der Waals surface area (Å²) in [7, 11) is 0. The lowest BCUT2D eigenvalue weighted by Gasteiger charge is -2.19. The maximum atomic E-state index is 13.8. The number of anilines is 1. The molecule has 0 saturated heterocycles. The van der Waals surface area contributed by atoms with Crippen molar-refractivity contribution < 1.29 is 4.39 Å². The van der Waals surface area contributed by atoms with E-state index < -0.39 is 0 Å². The van der Waals surface area contributed by atoms with E-state index in [1.165, 1.54) is 12.4 Å². The van der Waals surface area contributed by atoms with E-state index in [0.29, 0.717) is 17.9 Å². The fraction of sp³-hybridized carbons (Fsp3) is 0.250. The van der Waals surface area contributed by atoms with Crippen molar-refractivity contribution in [1.82, 2.24) is 19.7 Å². The van der Waals surface area contributed by atoms with Crippen LogP contribution in [0, 0.1) is 5.82 Å². The second kappa shape index (κ2) is 5.76. The molecule has 2 aromatic heterocycles. The van der Waals surface area contributed by atoms with Crippen LogP contribution in [-0.4, -0.2) is 19.7 Å². The summed E-state index contributed by atoms with van der Waals surface area (Å²) in [6, 6.07) is 10.8. The molecule has 0 radical (unpaired) electrons. The highest BCUT2D eigenvalue weighted by Crippen LogP contribution is 2.29. The predicted molar refractivity (Wildman–Crippen MR) is 101 cm³/mol. The van der Waals surface area contributed by atoms with Gasteiger partial charge in [-0.15, -0.1) is 0 Å². The number of fused-ring (bicyclic) bond motifs is 2. The molecular formula is C20H20FN5. The molecule has 26 heavy (non-hydrogen) atoms. The van der Waals surface area contributed by atoms with Gasteiger partial charge in [0.1, 0.15) is 18.0 Å². The molecule has 2 aromatic carbocycles. The Balaban J connectivity index is 1.93. The van der Waals surface area contributed by atoms with E-state index in [4.69, 9.17) is 10.8 Å². The van der Waals surface area contributed by atoms with Crippen molar-refractivity contribution in [2.45, 2.75) is 32.7 Å². The molecule has 0 aliphatic rings. The topological polar surface area (TPSA) is 69.6 Å². The van der Waals surface area contributed by atoms with E-state index in [1.54, 1.807) is 12.1 Å². The molecule has 0 atom stereocenters. The number of rotatable bonds is 2. The summed E-state index contributed by atoms with van der Waals surface area (Å²) >= 11 is 0. The third-order valence-electron chi connectivity index (χ3n) is 4.49. The second-order valence-corrected chi connectivity index (χ2v) is 7.45. The quantitative estimate of drug-likeness (QED) is 0.593. The molecule has 4 aromatic rings. The molecule has 0 aliphatic carbocycles. The SMILES string of the molecule is CC(C)(C)n1nc(Cc2cccc3ccc(F)cc23)c2c(N)ncnc21. The average molecular weight is 349 g/mol. The van der Waals surface area contributed by atoms with Gasteiger partial charge in [-0.1, -0.05) is 24.3 Å². The van der Waals surface area contributed by atoms with Gasteiger partial charge >= 0.3 is 0 Å². The van der Waals surface area contributed by atoms with Crippen molar-refractivity contribution in [3.63, 3.8) is 0 Å². The van der Waals surface area contributed by atoms with Crippen LogP contribution in [0.15, 0.2) is 42.7 Å². The van der Waals surface area contributed by atoms with E-state index in [0.717, 1.165) is 27.4 Å². The summed E-state index contributed by atoms with van der Waals surface area (Å²) in [6.45, 7) is 6.19. The number of nitrogens with zero attached hydrogens (tertiary/aromatic N) is 4. The first-order valence-corrected chi connectivity index (χ1v) is 8.50. The summed E-state index contributed by atoms with van der Waals surface area (Å²) in [5.41, 5.74) is 8.39. The summed E-state index contributed by atoms with van der Waals surface area (Å²) in [4.78, 5) is 8.53. The molecule has 0 unspecified atom stereocenters. The van der Waals surface area contributed by atoms with E-state index in [1.807, 2.05) is 22.9 Å². The van der Waals surface area contributed by atoms with Gasteiger partial charge in [0.2, 0.25) is 0 Å². The van der Waals surface area contributed by atoms with Gasteiger partial charge in [-0.3, -0.25) is 0 Å². The number of nitrogens with two attached hydrogens (primary N) is 1. The number of nitrogen functional groups attached to an aromatic ring is 1. The van der Waals surface area contributed by atoms with Crippen LogP contribution in [0.5, 0.6) is 0 Å². The number of halogens is 1. The number of aromatic nitrogens is 4. The van der Waals surface area contributed by atoms with E-state index in [2.05, 4.69) is 30.7 Å². The Morgan fingerprint density at radius 1 is 1.12 bits per heavy atom. The van der Waals surface area contributed by atoms with E-state index >= 15 is 0 Å². The largest absolute Gasteiger partial charge is 0.383 e. The second-order valence-electron chi connectivity index (χ2n) is 7.45. The van der Waals surface area contributed by atoms with Crippen LogP contribution in [-0.2, 0) is 12.0 Å². The highest BCUT2D eigenvalue weighted by atomic mass is 19.1. The van der Waals surface area contributed by atoms with Gasteiger partial charge in [-0.25, -0.2) is 19.0 Å². The van der Waals surface area contributed by atoms with Gasteiger partial charge in [0, 0.05) is 6.42 Å². The van der Waals surface area contributed by atoms with E-state index in [-0.39, 0.29) is 11.4 Å². The first-order chi connectivity index (χ1) is 12.3. The highest BCUT2D eigenvalue weighted by Gasteiger charge is 2.23. The Kier molecular flexibility index (Phi) is 3.64. The molecule has 0 amide bonds. The van der Waals surface area contributed by atoms with Gasteiger partial charge in [-0.05, 0) is 49.2 Å². The summed E-state index contributed by atoms with van der Waals surface area (Å²) in [6.07, 6.45) is 1.98. The summed E-state index contributed by atoms with van der Waals surface area (Å²) < 4.78 is 15.6. The Hall–Kier alpha value is -3.02. The van der Waals surface area contributed by atoms with Crippen LogP contribution in [0.2, 0.25) is 0 Å². The third-order valence-corrected chi connectivity index (χ3v) is 4.49. The molecule has 0 aliphatic heterocycles. The molecule has 0 spiro atoms. The molecule has 2 heterocycles. The fourth-order valence-electron chi connectivity index (χ4n) is 3.28. The standard InChI is InChI=1S/C20H20FN5/c1-20(2,3)26-19-17(18(22)23-11-24-19)16(25-26)9-13-6-4-5-12-7-8-14(21)10-15(12)13/h4-8,10-11H,9H2,1-3H3,(H2,22,23,24). The van der Waals surface area contributed by atoms with Crippen LogP contribution in [0.3, 0.4) is 0 Å². The Morgan fingerprint density at radius 2 is 1.92 bits per heavy atom. The first kappa shape index (κ1) is 16.4. The number of benzene rings is 2. The maximum absolute atomic E-state index is 13.8. The van der Waals surface area contributed by atoms with Crippen molar-refractivity contribution in [1.29, 1.82) is 0 Å². The molecule has 2 N–H and O–H groups in total. The molecule has 0 fully saturated rings. The Bertz CT molecular complexity index is 1120. The smallest absolute Gasteiger partial charge is 0.164 e. The van der Waals surface area contributed by atoms with Crippen LogP contribution in [0.1, 0.15) is 32.0 Å². The van der Waals surface area contributed by atoms with Crippen LogP contribution >= 0.6 is 0 Å². The van der Waals surface area contributed by atoms with Crippen molar-refractivity contribution in [3.8, 4) is 0 Å². The van der Waals surface area contributed by atoms with E-state index in [9.17, 15) is 4.39 Å². The van der Waals surface area contributed by atoms with Gasteiger partial charge in [0.25, 0.3) is 0 Å². The lowest BCUT2D eigenvalue weighted by atomic mass is 10.00. The van der Waals surface area contributed by atoms with Crippen molar-refractivity contribution in [2.24, 2.45) is 0 Å². The minimum Gasteiger partial charge on any atom is -0.383 e. The summed E-state index contributed by atoms with van der Waals surface area (Å²) in [5.74, 6) is 0.157. The van der Waals surface area contributed by atoms with Gasteiger partial charge in [-0.2, -0.15) is 5.10 Å². The lowest BCUT2D eigenvalue weighted by Crippen LogP contribution is -2.23. The molecular weight excluding hydrogens is 329 g/mol.